The number of para-hydroxylation sites is 2. The predicted octanol–water partition coefficient (Wildman–Crippen LogP) is 3.52. The van der Waals surface area contributed by atoms with E-state index in [0.717, 1.165) is 34.5 Å². The third kappa shape index (κ3) is 4.59. The summed E-state index contributed by atoms with van der Waals surface area (Å²) < 4.78 is 5.64. The van der Waals surface area contributed by atoms with Crippen molar-refractivity contribution in [3.8, 4) is 11.4 Å². The number of nitrogens with two attached hydrogens (primary N) is 1. The zero-order valence-corrected chi connectivity index (χ0v) is 16.2. The standard InChI is InChI=1S/C19H20N4O2.2ClH/c20-11-14-8-9-17(25-14)19(24)21-13-5-3-4-12(10-13)18-22-15-6-1-2-7-16(15)23-18;;/h1-7,10,14,17H,8-9,11,20H2,(H,21,24)(H,22,23);2*1H/t14-,17+;;/m1../s1. The lowest BCUT2D eigenvalue weighted by molar-refractivity contribution is -0.126. The van der Waals surface area contributed by atoms with E-state index in [0.29, 0.717) is 13.0 Å². The molecule has 2 atom stereocenters. The van der Waals surface area contributed by atoms with E-state index in [1.165, 1.54) is 0 Å². The van der Waals surface area contributed by atoms with Gasteiger partial charge in [0.05, 0.1) is 17.1 Å². The van der Waals surface area contributed by atoms with Crippen LogP contribution in [0.2, 0.25) is 0 Å². The van der Waals surface area contributed by atoms with Gasteiger partial charge in [0.1, 0.15) is 11.9 Å². The molecule has 6 nitrogen and oxygen atoms in total. The van der Waals surface area contributed by atoms with Crippen LogP contribution in [0.1, 0.15) is 12.8 Å². The van der Waals surface area contributed by atoms with Gasteiger partial charge in [-0.05, 0) is 37.1 Å². The van der Waals surface area contributed by atoms with Crippen molar-refractivity contribution in [2.45, 2.75) is 25.0 Å². The van der Waals surface area contributed by atoms with E-state index >= 15 is 0 Å². The van der Waals surface area contributed by atoms with Crippen LogP contribution < -0.4 is 11.1 Å². The van der Waals surface area contributed by atoms with Crippen LogP contribution in [-0.2, 0) is 9.53 Å². The average Bonchev–Trinajstić information content (AvgIpc) is 3.28. The van der Waals surface area contributed by atoms with Gasteiger partial charge in [-0.2, -0.15) is 0 Å². The highest BCUT2D eigenvalue weighted by Crippen LogP contribution is 2.24. The van der Waals surface area contributed by atoms with Crippen molar-refractivity contribution in [1.82, 2.24) is 9.97 Å². The number of rotatable bonds is 4. The molecule has 2 heterocycles. The minimum absolute atomic E-state index is 0. The van der Waals surface area contributed by atoms with Crippen molar-refractivity contribution < 1.29 is 9.53 Å². The maximum Gasteiger partial charge on any atom is 0.253 e. The fraction of sp³-hybridized carbons (Fsp3) is 0.263. The van der Waals surface area contributed by atoms with Crippen LogP contribution in [0, 0.1) is 0 Å². The third-order valence-corrected chi connectivity index (χ3v) is 4.46. The summed E-state index contributed by atoms with van der Waals surface area (Å²) in [6.07, 6.45) is 1.09. The number of nitrogens with zero attached hydrogens (tertiary/aromatic N) is 1. The lowest BCUT2D eigenvalue weighted by atomic mass is 10.1. The number of carbonyl (C=O) groups excluding carboxylic acids is 1. The number of halogens is 2. The molecular formula is C19H22Cl2N4O2. The Hall–Kier alpha value is -2.12. The number of benzene rings is 2. The SMILES string of the molecule is Cl.Cl.NC[C@H]1CC[C@@H](C(=O)Nc2cccc(-c3nc4ccccc4[nH]3)c2)O1. The number of nitrogens with one attached hydrogen (secondary N) is 2. The lowest BCUT2D eigenvalue weighted by Crippen LogP contribution is -2.29. The van der Waals surface area contributed by atoms with Crippen molar-refractivity contribution in [3.63, 3.8) is 0 Å². The van der Waals surface area contributed by atoms with Gasteiger partial charge < -0.3 is 20.8 Å². The number of amides is 1. The molecule has 1 saturated heterocycles. The maximum atomic E-state index is 12.4. The van der Waals surface area contributed by atoms with Crippen molar-refractivity contribution >= 4 is 47.4 Å². The van der Waals surface area contributed by atoms with Gasteiger partial charge in [0.25, 0.3) is 5.91 Å². The number of ether oxygens (including phenoxy) is 1. The first-order chi connectivity index (χ1) is 12.2. The average molecular weight is 409 g/mol. The molecule has 0 bridgehead atoms. The molecule has 1 aliphatic heterocycles. The first kappa shape index (κ1) is 21.2. The molecule has 1 amide bonds. The molecule has 0 radical (unpaired) electrons. The largest absolute Gasteiger partial charge is 0.364 e. The summed E-state index contributed by atoms with van der Waals surface area (Å²) in [7, 11) is 0. The maximum absolute atomic E-state index is 12.4. The summed E-state index contributed by atoms with van der Waals surface area (Å²) in [5.41, 5.74) is 9.14. The van der Waals surface area contributed by atoms with E-state index in [4.69, 9.17) is 10.5 Å². The molecule has 0 aliphatic carbocycles. The van der Waals surface area contributed by atoms with Gasteiger partial charge in [-0.1, -0.05) is 24.3 Å². The van der Waals surface area contributed by atoms with Crippen molar-refractivity contribution in [2.75, 3.05) is 11.9 Å². The quantitative estimate of drug-likeness (QED) is 0.615. The summed E-state index contributed by atoms with van der Waals surface area (Å²) in [6, 6.07) is 15.5. The Morgan fingerprint density at radius 1 is 1.19 bits per heavy atom. The highest BCUT2D eigenvalue weighted by atomic mass is 35.5. The Morgan fingerprint density at radius 3 is 2.74 bits per heavy atom. The second-order valence-electron chi connectivity index (χ2n) is 6.23. The van der Waals surface area contributed by atoms with Crippen LogP contribution >= 0.6 is 24.8 Å². The van der Waals surface area contributed by atoms with Crippen LogP contribution in [0.15, 0.2) is 48.5 Å². The van der Waals surface area contributed by atoms with E-state index in [-0.39, 0.29) is 36.8 Å². The second kappa shape index (κ2) is 9.19. The van der Waals surface area contributed by atoms with Gasteiger partial charge in [-0.3, -0.25) is 4.79 Å². The van der Waals surface area contributed by atoms with Gasteiger partial charge in [0.2, 0.25) is 0 Å². The number of hydrogen-bond acceptors (Lipinski definition) is 4. The van der Waals surface area contributed by atoms with E-state index in [1.54, 1.807) is 0 Å². The molecule has 0 saturated carbocycles. The molecule has 2 aromatic carbocycles. The van der Waals surface area contributed by atoms with Gasteiger partial charge >= 0.3 is 0 Å². The molecule has 4 N–H and O–H groups in total. The Morgan fingerprint density at radius 2 is 2.00 bits per heavy atom. The summed E-state index contributed by atoms with van der Waals surface area (Å²) in [4.78, 5) is 20.3. The minimum atomic E-state index is -0.427. The molecule has 4 rings (SSSR count). The number of imidazole rings is 1. The van der Waals surface area contributed by atoms with Crippen LogP contribution in [0.3, 0.4) is 0 Å². The number of H-pyrrole nitrogens is 1. The summed E-state index contributed by atoms with van der Waals surface area (Å²) in [5, 5.41) is 2.93. The van der Waals surface area contributed by atoms with Crippen molar-refractivity contribution in [3.05, 3.63) is 48.5 Å². The summed E-state index contributed by atoms with van der Waals surface area (Å²) in [6.45, 7) is 0.450. The summed E-state index contributed by atoms with van der Waals surface area (Å²) in [5.74, 6) is 0.648. The molecule has 1 aromatic heterocycles. The first-order valence-electron chi connectivity index (χ1n) is 8.44. The number of anilines is 1. The van der Waals surface area contributed by atoms with Gasteiger partial charge in [0, 0.05) is 17.8 Å². The molecule has 144 valence electrons. The lowest BCUT2D eigenvalue weighted by Gasteiger charge is -2.13. The van der Waals surface area contributed by atoms with Crippen LogP contribution in [0.5, 0.6) is 0 Å². The van der Waals surface area contributed by atoms with Crippen molar-refractivity contribution in [2.24, 2.45) is 5.73 Å². The van der Waals surface area contributed by atoms with E-state index < -0.39 is 6.10 Å². The van der Waals surface area contributed by atoms with Crippen molar-refractivity contribution in [1.29, 1.82) is 0 Å². The first-order valence-corrected chi connectivity index (χ1v) is 8.44. The number of carbonyl (C=O) groups is 1. The molecular weight excluding hydrogens is 387 g/mol. The fourth-order valence-electron chi connectivity index (χ4n) is 3.13. The van der Waals surface area contributed by atoms with Crippen LogP contribution in [-0.4, -0.2) is 34.6 Å². The molecule has 8 heteroatoms. The number of fused-ring (bicyclic) bond motifs is 1. The molecule has 27 heavy (non-hydrogen) atoms. The molecule has 1 aliphatic rings. The van der Waals surface area contributed by atoms with Gasteiger partial charge in [-0.15, -0.1) is 24.8 Å². The van der Waals surface area contributed by atoms with E-state index in [2.05, 4.69) is 15.3 Å². The number of aromatic amines is 1. The molecule has 0 spiro atoms. The van der Waals surface area contributed by atoms with Gasteiger partial charge in [-0.25, -0.2) is 4.98 Å². The van der Waals surface area contributed by atoms with E-state index in [9.17, 15) is 4.79 Å². The van der Waals surface area contributed by atoms with E-state index in [1.807, 2.05) is 48.5 Å². The van der Waals surface area contributed by atoms with Gasteiger partial charge in [0.15, 0.2) is 0 Å². The normalized spacial score (nSPS) is 18.6. The smallest absolute Gasteiger partial charge is 0.253 e. The molecule has 1 fully saturated rings. The highest BCUT2D eigenvalue weighted by Gasteiger charge is 2.29. The zero-order chi connectivity index (χ0) is 17.2. The monoisotopic (exact) mass is 408 g/mol. The molecule has 3 aromatic rings. The summed E-state index contributed by atoms with van der Waals surface area (Å²) >= 11 is 0. The second-order valence-corrected chi connectivity index (χ2v) is 6.23. The number of hydrogen-bond donors (Lipinski definition) is 3. The zero-order valence-electron chi connectivity index (χ0n) is 14.6. The Bertz CT molecular complexity index is 882. The fourth-order valence-corrected chi connectivity index (χ4v) is 3.13. The Balaban J connectivity index is 0.00000131. The Kier molecular flexibility index (Phi) is 7.21. The van der Waals surface area contributed by atoms with Crippen LogP contribution in [0.25, 0.3) is 22.4 Å². The Labute approximate surface area is 169 Å². The third-order valence-electron chi connectivity index (χ3n) is 4.46. The van der Waals surface area contributed by atoms with Crippen LogP contribution in [0.4, 0.5) is 5.69 Å². The molecule has 0 unspecified atom stereocenters. The number of aromatic nitrogens is 2. The minimum Gasteiger partial charge on any atom is -0.364 e. The predicted molar refractivity (Wildman–Crippen MR) is 112 cm³/mol. The highest BCUT2D eigenvalue weighted by molar-refractivity contribution is 5.95. The topological polar surface area (TPSA) is 93.0 Å².